The average molecular weight is 325 g/mol. The molecule has 0 aliphatic heterocycles. The van der Waals surface area contributed by atoms with Crippen molar-refractivity contribution in [2.45, 2.75) is 120 Å². The zero-order valence-corrected chi connectivity index (χ0v) is 17.9. The van der Waals surface area contributed by atoms with Gasteiger partial charge in [0.25, 0.3) is 0 Å². The van der Waals surface area contributed by atoms with Gasteiger partial charge in [-0.15, -0.1) is 0 Å². The molecule has 0 saturated heterocycles. The van der Waals surface area contributed by atoms with E-state index >= 15 is 0 Å². The highest BCUT2D eigenvalue weighted by Gasteiger charge is 2.28. The fraction of sp³-hybridized carbons (Fsp3) is 1.00. The van der Waals surface area contributed by atoms with E-state index in [4.69, 9.17) is 0 Å². The normalized spacial score (nSPS) is 17.7. The van der Waals surface area contributed by atoms with E-state index in [2.05, 4.69) is 55.4 Å². The Morgan fingerprint density at radius 1 is 0.739 bits per heavy atom. The summed E-state index contributed by atoms with van der Waals surface area (Å²) in [5, 5.41) is 0. The molecule has 0 amide bonds. The summed E-state index contributed by atoms with van der Waals surface area (Å²) in [5.41, 5.74) is 0.468. The third-order valence-corrected chi connectivity index (χ3v) is 5.78. The summed E-state index contributed by atoms with van der Waals surface area (Å²) >= 11 is 0. The van der Waals surface area contributed by atoms with Gasteiger partial charge in [-0.25, -0.2) is 0 Å². The van der Waals surface area contributed by atoms with Crippen LogP contribution in [-0.4, -0.2) is 0 Å². The Labute approximate surface area is 149 Å². The van der Waals surface area contributed by atoms with Crippen LogP contribution in [0.5, 0.6) is 0 Å². The molecule has 23 heavy (non-hydrogen) atoms. The fourth-order valence-electron chi connectivity index (χ4n) is 4.24. The second-order valence-corrected chi connectivity index (χ2v) is 9.47. The minimum atomic E-state index is 0.468. The van der Waals surface area contributed by atoms with Crippen LogP contribution in [0.1, 0.15) is 120 Å². The number of rotatable bonds is 13. The van der Waals surface area contributed by atoms with Crippen molar-refractivity contribution < 1.29 is 0 Å². The van der Waals surface area contributed by atoms with Crippen LogP contribution >= 0.6 is 0 Å². The Morgan fingerprint density at radius 3 is 1.83 bits per heavy atom. The summed E-state index contributed by atoms with van der Waals surface area (Å²) in [6, 6.07) is 0. The maximum Gasteiger partial charge on any atom is -0.0378 e. The van der Waals surface area contributed by atoms with Gasteiger partial charge in [-0.05, 0) is 48.3 Å². The Bertz CT molecular complexity index is 260. The highest BCUT2D eigenvalue weighted by Crippen LogP contribution is 2.39. The van der Waals surface area contributed by atoms with Gasteiger partial charge in [-0.1, -0.05) is 100 Å². The third kappa shape index (κ3) is 11.2. The molecule has 0 N–H and O–H groups in total. The molecule has 0 radical (unpaired) electrons. The molecule has 4 atom stereocenters. The molecule has 0 nitrogen and oxygen atoms in total. The topological polar surface area (TPSA) is 0 Å². The molecule has 0 aliphatic carbocycles. The van der Waals surface area contributed by atoms with E-state index in [-0.39, 0.29) is 0 Å². The lowest BCUT2D eigenvalue weighted by Gasteiger charge is -2.36. The average Bonchev–Trinajstić information content (AvgIpc) is 2.48. The minimum absolute atomic E-state index is 0.468. The quantitative estimate of drug-likeness (QED) is 0.318. The van der Waals surface area contributed by atoms with Gasteiger partial charge in [-0.3, -0.25) is 0 Å². The summed E-state index contributed by atoms with van der Waals surface area (Å²) in [6.07, 6.45) is 14.1. The molecule has 0 bridgehead atoms. The molecular formula is C23H48. The zero-order valence-electron chi connectivity index (χ0n) is 17.9. The van der Waals surface area contributed by atoms with E-state index in [0.29, 0.717) is 5.41 Å². The molecule has 0 saturated carbocycles. The van der Waals surface area contributed by atoms with E-state index in [1.165, 1.54) is 64.2 Å². The first kappa shape index (κ1) is 23.0. The lowest BCUT2D eigenvalue weighted by atomic mass is 9.70. The zero-order chi connectivity index (χ0) is 17.9. The van der Waals surface area contributed by atoms with Gasteiger partial charge < -0.3 is 0 Å². The Morgan fingerprint density at radius 2 is 1.39 bits per heavy atom. The monoisotopic (exact) mass is 324 g/mol. The first-order valence-corrected chi connectivity index (χ1v) is 10.8. The first-order chi connectivity index (χ1) is 10.8. The molecule has 0 rings (SSSR count). The van der Waals surface area contributed by atoms with Crippen molar-refractivity contribution >= 4 is 0 Å². The van der Waals surface area contributed by atoms with Crippen LogP contribution in [0.3, 0.4) is 0 Å². The van der Waals surface area contributed by atoms with Gasteiger partial charge in [0.05, 0.1) is 0 Å². The van der Waals surface area contributed by atoms with Gasteiger partial charge >= 0.3 is 0 Å². The molecule has 0 heterocycles. The molecule has 0 heteroatoms. The van der Waals surface area contributed by atoms with Crippen molar-refractivity contribution in [2.75, 3.05) is 0 Å². The van der Waals surface area contributed by atoms with Crippen LogP contribution in [0, 0.1) is 29.1 Å². The molecule has 140 valence electrons. The van der Waals surface area contributed by atoms with E-state index in [1.54, 1.807) is 0 Å². The maximum absolute atomic E-state index is 2.47. The van der Waals surface area contributed by atoms with Gasteiger partial charge in [0.1, 0.15) is 0 Å². The summed E-state index contributed by atoms with van der Waals surface area (Å²) in [4.78, 5) is 0. The largest absolute Gasteiger partial charge is 0.0654 e. The van der Waals surface area contributed by atoms with Crippen LogP contribution in [0.15, 0.2) is 0 Å². The van der Waals surface area contributed by atoms with Gasteiger partial charge in [0.15, 0.2) is 0 Å². The lowest BCUT2D eigenvalue weighted by Crippen LogP contribution is -2.25. The van der Waals surface area contributed by atoms with Gasteiger partial charge in [-0.2, -0.15) is 0 Å². The lowest BCUT2D eigenvalue weighted by molar-refractivity contribution is 0.152. The van der Waals surface area contributed by atoms with Crippen molar-refractivity contribution in [1.82, 2.24) is 0 Å². The molecule has 0 aromatic heterocycles. The third-order valence-electron chi connectivity index (χ3n) is 5.78. The second kappa shape index (κ2) is 12.4. The first-order valence-electron chi connectivity index (χ1n) is 10.8. The molecule has 0 fully saturated rings. The second-order valence-electron chi connectivity index (χ2n) is 9.47. The van der Waals surface area contributed by atoms with E-state index in [1.807, 2.05) is 0 Å². The molecule has 0 spiro atoms. The standard InChI is InChI=1S/C23H48/c1-9-13-15-20(12-4)17-21(14-10-2)22(16-19(5)11-3)18-23(6,7)8/h19-22H,9-18H2,1-8H3. The fourth-order valence-corrected chi connectivity index (χ4v) is 4.24. The van der Waals surface area contributed by atoms with Crippen molar-refractivity contribution in [3.8, 4) is 0 Å². The predicted molar refractivity (Wildman–Crippen MR) is 108 cm³/mol. The molecule has 0 aromatic rings. The summed E-state index contributed by atoms with van der Waals surface area (Å²) in [7, 11) is 0. The number of hydrogen-bond donors (Lipinski definition) is 0. The number of unbranched alkanes of at least 4 members (excludes halogenated alkanes) is 1. The van der Waals surface area contributed by atoms with Crippen LogP contribution in [0.2, 0.25) is 0 Å². The Kier molecular flexibility index (Phi) is 12.4. The SMILES string of the molecule is CCCCC(CC)CC(CCC)C(CC(C)CC)CC(C)(C)C. The van der Waals surface area contributed by atoms with E-state index in [0.717, 1.165) is 23.7 Å². The highest BCUT2D eigenvalue weighted by molar-refractivity contribution is 4.79. The number of hydrogen-bond acceptors (Lipinski definition) is 0. The molecular weight excluding hydrogens is 276 g/mol. The van der Waals surface area contributed by atoms with Crippen LogP contribution in [-0.2, 0) is 0 Å². The van der Waals surface area contributed by atoms with Gasteiger partial charge in [0.2, 0.25) is 0 Å². The molecule has 0 aromatic carbocycles. The summed E-state index contributed by atoms with van der Waals surface area (Å²) in [5.74, 6) is 3.74. The highest BCUT2D eigenvalue weighted by atomic mass is 14.3. The Hall–Kier alpha value is 0. The molecule has 4 unspecified atom stereocenters. The van der Waals surface area contributed by atoms with Crippen molar-refractivity contribution in [3.05, 3.63) is 0 Å². The minimum Gasteiger partial charge on any atom is -0.0654 e. The molecule has 0 aliphatic rings. The van der Waals surface area contributed by atoms with Crippen LogP contribution in [0.4, 0.5) is 0 Å². The Balaban J connectivity index is 5.00. The van der Waals surface area contributed by atoms with Crippen molar-refractivity contribution in [2.24, 2.45) is 29.1 Å². The maximum atomic E-state index is 2.47. The van der Waals surface area contributed by atoms with E-state index in [9.17, 15) is 0 Å². The van der Waals surface area contributed by atoms with Crippen LogP contribution < -0.4 is 0 Å². The predicted octanol–water partition coefficient (Wildman–Crippen LogP) is 8.50. The van der Waals surface area contributed by atoms with Crippen molar-refractivity contribution in [1.29, 1.82) is 0 Å². The van der Waals surface area contributed by atoms with Crippen LogP contribution in [0.25, 0.3) is 0 Å². The smallest absolute Gasteiger partial charge is 0.0378 e. The van der Waals surface area contributed by atoms with E-state index < -0.39 is 0 Å². The van der Waals surface area contributed by atoms with Crippen molar-refractivity contribution in [3.63, 3.8) is 0 Å². The van der Waals surface area contributed by atoms with Gasteiger partial charge in [0, 0.05) is 0 Å². The summed E-state index contributed by atoms with van der Waals surface area (Å²) < 4.78 is 0. The summed E-state index contributed by atoms with van der Waals surface area (Å²) in [6.45, 7) is 19.3.